The molecule has 0 aliphatic carbocycles. The van der Waals surface area contributed by atoms with Crippen LogP contribution in [-0.2, 0) is 10.0 Å². The highest BCUT2D eigenvalue weighted by Crippen LogP contribution is 2.32. The average Bonchev–Trinajstić information content (AvgIpc) is 2.46. The second-order valence-corrected chi connectivity index (χ2v) is 6.76. The number of benzene rings is 2. The first-order chi connectivity index (χ1) is 11.1. The number of rotatable bonds is 5. The molecule has 0 fully saturated rings. The van der Waals surface area contributed by atoms with Crippen LogP contribution in [0.25, 0.3) is 0 Å². The summed E-state index contributed by atoms with van der Waals surface area (Å²) in [5, 5.41) is 22.1. The lowest BCUT2D eigenvalue weighted by molar-refractivity contribution is -0.395. The summed E-state index contributed by atoms with van der Waals surface area (Å²) in [4.78, 5) is 19.8. The summed E-state index contributed by atoms with van der Waals surface area (Å²) in [6.07, 6.45) is 0. The summed E-state index contributed by atoms with van der Waals surface area (Å²) < 4.78 is 27.1. The molecule has 126 valence electrons. The maximum atomic E-state index is 12.4. The van der Waals surface area contributed by atoms with E-state index in [0.717, 1.165) is 17.7 Å². The van der Waals surface area contributed by atoms with Gasteiger partial charge >= 0.3 is 0 Å². The van der Waals surface area contributed by atoms with Crippen LogP contribution in [0, 0.1) is 34.1 Å². The molecule has 0 aromatic heterocycles. The molecule has 9 nitrogen and oxygen atoms in total. The van der Waals surface area contributed by atoms with Gasteiger partial charge in [0.2, 0.25) is 0 Å². The van der Waals surface area contributed by atoms with E-state index < -0.39 is 36.1 Å². The molecule has 0 atom stereocenters. The molecule has 0 amide bonds. The Hall–Kier alpha value is -3.01. The van der Waals surface area contributed by atoms with Crippen LogP contribution in [0.4, 0.5) is 17.1 Å². The van der Waals surface area contributed by atoms with E-state index in [-0.39, 0.29) is 11.3 Å². The first kappa shape index (κ1) is 17.3. The third-order valence-corrected chi connectivity index (χ3v) is 4.66. The summed E-state index contributed by atoms with van der Waals surface area (Å²) in [5.74, 6) is 0. The van der Waals surface area contributed by atoms with E-state index in [2.05, 4.69) is 4.72 Å². The van der Waals surface area contributed by atoms with Crippen LogP contribution in [0.5, 0.6) is 0 Å². The summed E-state index contributed by atoms with van der Waals surface area (Å²) in [7, 11) is -4.22. The molecule has 0 saturated carbocycles. The van der Waals surface area contributed by atoms with Gasteiger partial charge in [-0.25, -0.2) is 8.42 Å². The van der Waals surface area contributed by atoms with Gasteiger partial charge < -0.3 is 0 Å². The quantitative estimate of drug-likeness (QED) is 0.650. The molecule has 0 spiro atoms. The highest BCUT2D eigenvalue weighted by molar-refractivity contribution is 7.92. The van der Waals surface area contributed by atoms with Crippen LogP contribution in [-0.4, -0.2) is 18.3 Å². The van der Waals surface area contributed by atoms with E-state index in [9.17, 15) is 28.6 Å². The number of nitro groups is 2. The zero-order chi connectivity index (χ0) is 18.1. The number of aryl methyl sites for hydroxylation is 1. The lowest BCUT2D eigenvalue weighted by Gasteiger charge is -2.09. The smallest absolute Gasteiger partial charge is 0.280 e. The Labute approximate surface area is 137 Å². The van der Waals surface area contributed by atoms with Crippen LogP contribution >= 0.6 is 0 Å². The minimum Gasteiger partial charge on any atom is -0.280 e. The van der Waals surface area contributed by atoms with Gasteiger partial charge in [-0.2, -0.15) is 0 Å². The van der Waals surface area contributed by atoms with Gasteiger partial charge in [0.15, 0.2) is 0 Å². The second-order valence-electron chi connectivity index (χ2n) is 5.08. The van der Waals surface area contributed by atoms with Crippen molar-refractivity contribution < 1.29 is 18.3 Å². The molecule has 0 aliphatic heterocycles. The first-order valence-corrected chi connectivity index (χ1v) is 8.13. The molecule has 0 aliphatic rings. The number of anilines is 1. The van der Waals surface area contributed by atoms with Crippen molar-refractivity contribution in [2.24, 2.45) is 0 Å². The van der Waals surface area contributed by atoms with Crippen molar-refractivity contribution in [3.05, 3.63) is 67.8 Å². The summed E-state index contributed by atoms with van der Waals surface area (Å²) in [5.41, 5.74) is -0.418. The predicted octanol–water partition coefficient (Wildman–Crippen LogP) is 2.92. The summed E-state index contributed by atoms with van der Waals surface area (Å²) in [6.45, 7) is 2.96. The van der Waals surface area contributed by atoms with Crippen molar-refractivity contribution >= 4 is 27.1 Å². The van der Waals surface area contributed by atoms with Crippen molar-refractivity contribution in [2.75, 3.05) is 4.72 Å². The maximum absolute atomic E-state index is 12.4. The van der Waals surface area contributed by atoms with Crippen LogP contribution in [0.1, 0.15) is 11.1 Å². The van der Waals surface area contributed by atoms with Crippen molar-refractivity contribution in [1.29, 1.82) is 0 Å². The first-order valence-electron chi connectivity index (χ1n) is 6.65. The fourth-order valence-corrected chi connectivity index (χ4v) is 3.20. The van der Waals surface area contributed by atoms with Gasteiger partial charge in [0.05, 0.1) is 9.85 Å². The normalized spacial score (nSPS) is 11.1. The lowest BCUT2D eigenvalue weighted by Crippen LogP contribution is -2.14. The molecule has 0 unspecified atom stereocenters. The number of hydrogen-bond acceptors (Lipinski definition) is 6. The van der Waals surface area contributed by atoms with Gasteiger partial charge in [0.25, 0.3) is 21.4 Å². The third kappa shape index (κ3) is 3.49. The molecular weight excluding hydrogens is 338 g/mol. The minimum absolute atomic E-state index is 0.209. The van der Waals surface area contributed by atoms with Crippen molar-refractivity contribution in [3.8, 4) is 0 Å². The van der Waals surface area contributed by atoms with E-state index in [4.69, 9.17) is 0 Å². The second kappa shape index (κ2) is 6.24. The van der Waals surface area contributed by atoms with Gasteiger partial charge in [0.1, 0.15) is 10.5 Å². The van der Waals surface area contributed by atoms with Gasteiger partial charge in [0, 0.05) is 17.8 Å². The number of nitrogens with zero attached hydrogens (tertiary/aromatic N) is 2. The largest absolute Gasteiger partial charge is 0.280 e. The van der Waals surface area contributed by atoms with Gasteiger partial charge in [-0.1, -0.05) is 12.1 Å². The molecule has 0 radical (unpaired) electrons. The zero-order valence-corrected chi connectivity index (χ0v) is 13.5. The fraction of sp³-hybridized carbons (Fsp3) is 0.143. The van der Waals surface area contributed by atoms with E-state index in [0.29, 0.717) is 0 Å². The monoisotopic (exact) mass is 351 g/mol. The number of sulfonamides is 1. The van der Waals surface area contributed by atoms with Gasteiger partial charge in [-0.15, -0.1) is 0 Å². The molecule has 24 heavy (non-hydrogen) atoms. The lowest BCUT2D eigenvalue weighted by atomic mass is 10.1. The predicted molar refractivity (Wildman–Crippen MR) is 86.5 cm³/mol. The van der Waals surface area contributed by atoms with Crippen LogP contribution < -0.4 is 4.72 Å². The Morgan fingerprint density at radius 3 is 1.96 bits per heavy atom. The fourth-order valence-electron chi connectivity index (χ4n) is 2.12. The zero-order valence-electron chi connectivity index (χ0n) is 12.7. The Kier molecular flexibility index (Phi) is 4.51. The van der Waals surface area contributed by atoms with Crippen molar-refractivity contribution in [1.82, 2.24) is 0 Å². The molecule has 0 bridgehead atoms. The summed E-state index contributed by atoms with van der Waals surface area (Å²) >= 11 is 0. The Morgan fingerprint density at radius 1 is 0.958 bits per heavy atom. The Balaban J connectivity index is 2.57. The van der Waals surface area contributed by atoms with E-state index in [1.165, 1.54) is 13.0 Å². The number of nitrogens with one attached hydrogen (secondary N) is 1. The van der Waals surface area contributed by atoms with Crippen LogP contribution in [0.2, 0.25) is 0 Å². The van der Waals surface area contributed by atoms with Crippen LogP contribution in [0.3, 0.4) is 0 Å². The molecule has 10 heteroatoms. The Bertz CT molecular complexity index is 904. The van der Waals surface area contributed by atoms with Crippen molar-refractivity contribution in [3.63, 3.8) is 0 Å². The van der Waals surface area contributed by atoms with E-state index >= 15 is 0 Å². The number of hydrogen-bond donors (Lipinski definition) is 1. The number of nitro benzene ring substituents is 2. The van der Waals surface area contributed by atoms with Gasteiger partial charge in [-0.3, -0.25) is 25.0 Å². The molecule has 0 heterocycles. The average molecular weight is 351 g/mol. The topological polar surface area (TPSA) is 132 Å². The Morgan fingerprint density at radius 2 is 1.50 bits per heavy atom. The van der Waals surface area contributed by atoms with E-state index in [1.54, 1.807) is 25.1 Å². The SMILES string of the molecule is Cc1cccc(NS(=O)(=O)c2cc([N+](=O)[O-])c(C)c([N+](=O)[O-])c2)c1. The molecule has 1 N–H and O–H groups in total. The van der Waals surface area contributed by atoms with E-state index in [1.807, 2.05) is 0 Å². The van der Waals surface area contributed by atoms with Crippen LogP contribution in [0.15, 0.2) is 41.3 Å². The molecule has 2 rings (SSSR count). The van der Waals surface area contributed by atoms with Gasteiger partial charge in [-0.05, 0) is 31.5 Å². The molecule has 2 aromatic carbocycles. The molecular formula is C14H13N3O6S. The maximum Gasteiger partial charge on any atom is 0.280 e. The van der Waals surface area contributed by atoms with Crippen molar-refractivity contribution in [2.45, 2.75) is 18.7 Å². The third-order valence-electron chi connectivity index (χ3n) is 3.30. The highest BCUT2D eigenvalue weighted by Gasteiger charge is 2.28. The minimum atomic E-state index is -4.22. The standard InChI is InChI=1S/C14H13N3O6S/c1-9-4-3-5-11(6-9)15-24(22,23)12-7-13(16(18)19)10(2)14(8-12)17(20)21/h3-8,15H,1-2H3. The molecule has 0 saturated heterocycles. The summed E-state index contributed by atoms with van der Waals surface area (Å²) in [6, 6.07) is 8.07. The molecule has 2 aromatic rings. The highest BCUT2D eigenvalue weighted by atomic mass is 32.2.